The van der Waals surface area contributed by atoms with Gasteiger partial charge >= 0.3 is 5.97 Å². The highest BCUT2D eigenvalue weighted by Gasteiger charge is 2.36. The topological polar surface area (TPSA) is 132 Å². The average Bonchev–Trinajstić information content (AvgIpc) is 3.56. The fourth-order valence-electron chi connectivity index (χ4n) is 5.03. The molecule has 4 rings (SSSR count). The minimum absolute atomic E-state index is 0.0255. The van der Waals surface area contributed by atoms with Gasteiger partial charge in [-0.3, -0.25) is 14.4 Å². The minimum atomic E-state index is -0.859. The summed E-state index contributed by atoms with van der Waals surface area (Å²) in [5, 5.41) is 10.3. The van der Waals surface area contributed by atoms with Crippen molar-refractivity contribution in [3.63, 3.8) is 0 Å². The Morgan fingerprint density at radius 1 is 1.05 bits per heavy atom. The SMILES string of the molecule is CC(C)CC(NC(=O)c1cc(OCC(=O)N2CCCC2C(=O)NC2CCC2)n(-c2ccccc2)n1)C(=O)OC(C)(C)C. The van der Waals surface area contributed by atoms with E-state index in [4.69, 9.17) is 9.47 Å². The summed E-state index contributed by atoms with van der Waals surface area (Å²) in [6, 6.07) is 9.37. The van der Waals surface area contributed by atoms with Crippen LogP contribution >= 0.6 is 0 Å². The van der Waals surface area contributed by atoms with Gasteiger partial charge in [-0.2, -0.15) is 5.10 Å². The molecule has 2 fully saturated rings. The van der Waals surface area contributed by atoms with Crippen molar-refractivity contribution in [2.75, 3.05) is 13.2 Å². The van der Waals surface area contributed by atoms with E-state index in [1.165, 1.54) is 10.7 Å². The van der Waals surface area contributed by atoms with Crippen LogP contribution in [0.3, 0.4) is 0 Å². The molecule has 1 aliphatic carbocycles. The zero-order valence-electron chi connectivity index (χ0n) is 25.2. The smallest absolute Gasteiger partial charge is 0.329 e. The number of rotatable bonds is 11. The second-order valence-electron chi connectivity index (χ2n) is 12.5. The number of aromatic nitrogens is 2. The van der Waals surface area contributed by atoms with Gasteiger partial charge in [0.05, 0.1) is 5.69 Å². The Morgan fingerprint density at radius 3 is 2.38 bits per heavy atom. The Morgan fingerprint density at radius 2 is 1.76 bits per heavy atom. The highest BCUT2D eigenvalue weighted by Crippen LogP contribution is 2.24. The Hall–Kier alpha value is -3.89. The number of carbonyl (C=O) groups is 4. The maximum atomic E-state index is 13.3. The number of para-hydroxylation sites is 1. The molecule has 1 saturated heterocycles. The molecule has 228 valence electrons. The third-order valence-corrected chi connectivity index (χ3v) is 7.28. The van der Waals surface area contributed by atoms with E-state index in [9.17, 15) is 19.2 Å². The molecular weight excluding hydrogens is 538 g/mol. The first-order chi connectivity index (χ1) is 19.9. The van der Waals surface area contributed by atoms with Crippen LogP contribution in [0.2, 0.25) is 0 Å². The molecule has 11 heteroatoms. The van der Waals surface area contributed by atoms with E-state index in [2.05, 4.69) is 15.7 Å². The lowest BCUT2D eigenvalue weighted by Gasteiger charge is -2.30. The van der Waals surface area contributed by atoms with Crippen LogP contribution in [-0.2, 0) is 19.1 Å². The van der Waals surface area contributed by atoms with Gasteiger partial charge in [0.25, 0.3) is 11.8 Å². The Kier molecular flexibility index (Phi) is 9.90. The van der Waals surface area contributed by atoms with Gasteiger partial charge in [-0.05, 0) is 77.3 Å². The minimum Gasteiger partial charge on any atom is -0.467 e. The van der Waals surface area contributed by atoms with Crippen molar-refractivity contribution in [1.29, 1.82) is 0 Å². The Bertz CT molecular complexity index is 1260. The van der Waals surface area contributed by atoms with Crippen molar-refractivity contribution in [3.05, 3.63) is 42.1 Å². The van der Waals surface area contributed by atoms with E-state index in [1.807, 2.05) is 32.0 Å². The second kappa shape index (κ2) is 13.4. The molecule has 0 spiro atoms. The van der Waals surface area contributed by atoms with Gasteiger partial charge in [-0.15, -0.1) is 0 Å². The van der Waals surface area contributed by atoms with Crippen molar-refractivity contribution >= 4 is 23.7 Å². The van der Waals surface area contributed by atoms with E-state index < -0.39 is 29.6 Å². The molecule has 3 amide bonds. The number of hydrogen-bond acceptors (Lipinski definition) is 7. The maximum absolute atomic E-state index is 13.3. The summed E-state index contributed by atoms with van der Waals surface area (Å²) >= 11 is 0. The van der Waals surface area contributed by atoms with Crippen LogP contribution in [0.15, 0.2) is 36.4 Å². The van der Waals surface area contributed by atoms with E-state index in [-0.39, 0.29) is 42.0 Å². The van der Waals surface area contributed by atoms with Crippen LogP contribution in [0.4, 0.5) is 0 Å². The largest absolute Gasteiger partial charge is 0.467 e. The lowest BCUT2D eigenvalue weighted by molar-refractivity contribution is -0.157. The molecule has 2 N–H and O–H groups in total. The van der Waals surface area contributed by atoms with Gasteiger partial charge < -0.3 is 25.0 Å². The molecule has 1 aromatic heterocycles. The third kappa shape index (κ3) is 8.10. The van der Waals surface area contributed by atoms with Crippen molar-refractivity contribution in [2.24, 2.45) is 5.92 Å². The summed E-state index contributed by atoms with van der Waals surface area (Å²) in [6.07, 6.45) is 4.82. The fraction of sp³-hybridized carbons (Fsp3) is 0.581. The molecule has 2 aliphatic rings. The average molecular weight is 582 g/mol. The standard InChI is InChI=1S/C31H43N5O6/c1-20(2)17-24(30(40)42-31(3,4)5)33-28(38)23-18-27(36(34-23)22-13-7-6-8-14-22)41-19-26(37)35-16-10-15-25(35)29(39)32-21-11-9-12-21/h6-8,13-14,18,20-21,24-25H,9-12,15-17,19H2,1-5H3,(H,32,39)(H,33,38). The molecule has 2 heterocycles. The number of ether oxygens (including phenoxy) is 2. The summed E-state index contributed by atoms with van der Waals surface area (Å²) in [4.78, 5) is 53.7. The number of carbonyl (C=O) groups excluding carboxylic acids is 4. The molecule has 2 unspecified atom stereocenters. The number of hydrogen-bond donors (Lipinski definition) is 2. The quantitative estimate of drug-likeness (QED) is 0.389. The van der Waals surface area contributed by atoms with Gasteiger partial charge in [0.2, 0.25) is 11.8 Å². The number of nitrogens with one attached hydrogen (secondary N) is 2. The predicted octanol–water partition coefficient (Wildman–Crippen LogP) is 3.40. The highest BCUT2D eigenvalue weighted by molar-refractivity contribution is 5.95. The van der Waals surface area contributed by atoms with E-state index in [0.717, 1.165) is 25.7 Å². The summed E-state index contributed by atoms with van der Waals surface area (Å²) in [5.74, 6) is -1.19. The molecule has 1 aliphatic heterocycles. The van der Waals surface area contributed by atoms with Crippen LogP contribution in [0, 0.1) is 5.92 Å². The first-order valence-corrected chi connectivity index (χ1v) is 14.8. The summed E-state index contributed by atoms with van der Waals surface area (Å²) in [6.45, 7) is 9.40. The van der Waals surface area contributed by atoms with Crippen LogP contribution < -0.4 is 15.4 Å². The molecular formula is C31H43N5O6. The number of likely N-dealkylation sites (tertiary alicyclic amines) is 1. The first-order valence-electron chi connectivity index (χ1n) is 14.8. The molecule has 2 atom stereocenters. The molecule has 0 bridgehead atoms. The summed E-state index contributed by atoms with van der Waals surface area (Å²) < 4.78 is 12.9. The second-order valence-corrected chi connectivity index (χ2v) is 12.5. The monoisotopic (exact) mass is 581 g/mol. The van der Waals surface area contributed by atoms with E-state index in [1.54, 1.807) is 37.8 Å². The molecule has 42 heavy (non-hydrogen) atoms. The van der Waals surface area contributed by atoms with Crippen LogP contribution in [0.25, 0.3) is 5.69 Å². The number of esters is 1. The third-order valence-electron chi connectivity index (χ3n) is 7.28. The van der Waals surface area contributed by atoms with Gasteiger partial charge in [-0.25, -0.2) is 9.48 Å². The molecule has 11 nitrogen and oxygen atoms in total. The van der Waals surface area contributed by atoms with Crippen LogP contribution in [-0.4, -0.2) is 75.2 Å². The molecule has 0 radical (unpaired) electrons. The number of amides is 3. The van der Waals surface area contributed by atoms with Crippen molar-refractivity contribution in [3.8, 4) is 11.6 Å². The maximum Gasteiger partial charge on any atom is 0.329 e. The Balaban J connectivity index is 1.49. The fourth-order valence-corrected chi connectivity index (χ4v) is 5.03. The molecule has 1 aromatic carbocycles. The normalized spacial score (nSPS) is 17.9. The van der Waals surface area contributed by atoms with Crippen molar-refractivity contribution in [1.82, 2.24) is 25.3 Å². The van der Waals surface area contributed by atoms with Gasteiger partial charge in [0.1, 0.15) is 17.7 Å². The highest BCUT2D eigenvalue weighted by atomic mass is 16.6. The predicted molar refractivity (Wildman–Crippen MR) is 156 cm³/mol. The molecule has 1 saturated carbocycles. The van der Waals surface area contributed by atoms with Crippen LogP contribution in [0.1, 0.15) is 83.6 Å². The zero-order valence-corrected chi connectivity index (χ0v) is 25.2. The zero-order chi connectivity index (χ0) is 30.4. The van der Waals surface area contributed by atoms with Crippen molar-refractivity contribution < 1.29 is 28.7 Å². The Labute approximate surface area is 247 Å². The van der Waals surface area contributed by atoms with Crippen LogP contribution in [0.5, 0.6) is 5.88 Å². The summed E-state index contributed by atoms with van der Waals surface area (Å²) in [7, 11) is 0. The van der Waals surface area contributed by atoms with E-state index >= 15 is 0 Å². The van der Waals surface area contributed by atoms with Crippen molar-refractivity contribution in [2.45, 2.75) is 96.9 Å². The van der Waals surface area contributed by atoms with Gasteiger partial charge in [0.15, 0.2) is 12.3 Å². The lowest BCUT2D eigenvalue weighted by atomic mass is 9.93. The number of benzene rings is 1. The van der Waals surface area contributed by atoms with E-state index in [0.29, 0.717) is 25.1 Å². The lowest BCUT2D eigenvalue weighted by Crippen LogP contribution is -2.51. The first kappa shape index (κ1) is 31.1. The van der Waals surface area contributed by atoms with Gasteiger partial charge in [-0.1, -0.05) is 32.0 Å². The van der Waals surface area contributed by atoms with Gasteiger partial charge in [0, 0.05) is 18.7 Å². The number of nitrogens with zero attached hydrogens (tertiary/aromatic N) is 3. The molecule has 2 aromatic rings. The summed E-state index contributed by atoms with van der Waals surface area (Å²) in [5.41, 5.74) is -0.0487.